The number of hydrogen-bond donors (Lipinski definition) is 1. The van der Waals surface area contributed by atoms with Gasteiger partial charge in [0.1, 0.15) is 11.6 Å². The van der Waals surface area contributed by atoms with Crippen molar-refractivity contribution in [2.45, 2.75) is 12.1 Å². The summed E-state index contributed by atoms with van der Waals surface area (Å²) in [5.74, 6) is 0.207. The molecule has 0 atom stereocenters. The third kappa shape index (κ3) is 4.57. The summed E-state index contributed by atoms with van der Waals surface area (Å²) < 4.78 is 20.3. The van der Waals surface area contributed by atoms with E-state index in [2.05, 4.69) is 20.6 Å². The van der Waals surface area contributed by atoms with Gasteiger partial charge in [-0.3, -0.25) is 4.79 Å². The number of benzene rings is 2. The Kier molecular flexibility index (Phi) is 5.89. The van der Waals surface area contributed by atoms with Crippen LogP contribution < -0.4 is 10.1 Å². The number of carbonyl (C=O) groups excluding carboxylic acids is 1. The van der Waals surface area contributed by atoms with Crippen molar-refractivity contribution in [2.75, 3.05) is 17.7 Å². The van der Waals surface area contributed by atoms with Gasteiger partial charge in [-0.15, -0.1) is 10.2 Å². The lowest BCUT2D eigenvalue weighted by molar-refractivity contribution is -0.113. The Morgan fingerprint density at radius 1 is 1.13 bits per heavy atom. The van der Waals surface area contributed by atoms with Gasteiger partial charge in [-0.25, -0.2) is 4.39 Å². The molecule has 0 aliphatic carbocycles. The van der Waals surface area contributed by atoms with Crippen LogP contribution >= 0.6 is 11.8 Å². The van der Waals surface area contributed by atoms with Crippen molar-refractivity contribution >= 4 is 29.0 Å². The Hall–Kier alpha value is -3.46. The molecule has 2 aromatic heterocycles. The van der Waals surface area contributed by atoms with Gasteiger partial charge in [-0.1, -0.05) is 17.8 Å². The highest BCUT2D eigenvalue weighted by Crippen LogP contribution is 2.23. The highest BCUT2D eigenvalue weighted by molar-refractivity contribution is 7.99. The van der Waals surface area contributed by atoms with Crippen LogP contribution in [0, 0.1) is 5.82 Å². The van der Waals surface area contributed by atoms with Crippen molar-refractivity contribution in [3.63, 3.8) is 0 Å². The fourth-order valence-corrected chi connectivity index (χ4v) is 3.48. The van der Waals surface area contributed by atoms with Crippen LogP contribution in [-0.4, -0.2) is 38.1 Å². The van der Waals surface area contributed by atoms with Gasteiger partial charge in [-0.2, -0.15) is 9.61 Å². The number of nitrogens with zero attached hydrogens (tertiary/aromatic N) is 4. The van der Waals surface area contributed by atoms with E-state index in [9.17, 15) is 9.18 Å². The molecule has 152 valence electrons. The summed E-state index contributed by atoms with van der Waals surface area (Å²) in [6.45, 7) is 2.55. The second kappa shape index (κ2) is 8.91. The van der Waals surface area contributed by atoms with Gasteiger partial charge in [0.05, 0.1) is 18.1 Å². The summed E-state index contributed by atoms with van der Waals surface area (Å²) in [7, 11) is 0. The Morgan fingerprint density at radius 3 is 2.73 bits per heavy atom. The summed E-state index contributed by atoms with van der Waals surface area (Å²) in [5, 5.41) is 16.0. The number of carbonyl (C=O) groups is 1. The molecule has 1 N–H and O–H groups in total. The maximum atomic E-state index is 13.2. The van der Waals surface area contributed by atoms with Crippen molar-refractivity contribution in [1.29, 1.82) is 0 Å². The molecule has 9 heteroatoms. The van der Waals surface area contributed by atoms with Crippen molar-refractivity contribution in [3.8, 4) is 17.0 Å². The maximum Gasteiger partial charge on any atom is 0.234 e. The van der Waals surface area contributed by atoms with E-state index in [1.54, 1.807) is 10.6 Å². The first-order valence-corrected chi connectivity index (χ1v) is 10.2. The standard InChI is InChI=1S/C21H18FN5O2S/c1-2-29-17-8-6-14(7-9-17)18-10-11-19-24-25-21(27(19)26-18)30-13-20(28)23-16-5-3-4-15(22)12-16/h3-12H,2,13H2,1H3,(H,23,28). The van der Waals surface area contributed by atoms with Gasteiger partial charge < -0.3 is 10.1 Å². The second-order valence-corrected chi connectivity index (χ2v) is 7.22. The minimum Gasteiger partial charge on any atom is -0.494 e. The van der Waals surface area contributed by atoms with Crippen LogP contribution in [0.1, 0.15) is 6.92 Å². The van der Waals surface area contributed by atoms with Crippen LogP contribution in [0.4, 0.5) is 10.1 Å². The van der Waals surface area contributed by atoms with Gasteiger partial charge in [0.25, 0.3) is 0 Å². The Morgan fingerprint density at radius 2 is 1.97 bits per heavy atom. The minimum absolute atomic E-state index is 0.0896. The molecule has 0 unspecified atom stereocenters. The van der Waals surface area contributed by atoms with E-state index in [0.29, 0.717) is 23.1 Å². The number of aromatic nitrogens is 4. The fourth-order valence-electron chi connectivity index (χ4n) is 2.80. The van der Waals surface area contributed by atoms with E-state index in [0.717, 1.165) is 17.0 Å². The molecular weight excluding hydrogens is 405 g/mol. The molecule has 0 aliphatic heterocycles. The van der Waals surface area contributed by atoms with Crippen LogP contribution in [0.5, 0.6) is 5.75 Å². The van der Waals surface area contributed by atoms with Gasteiger partial charge in [0, 0.05) is 11.3 Å². The minimum atomic E-state index is -0.407. The van der Waals surface area contributed by atoms with Gasteiger partial charge in [0.15, 0.2) is 5.65 Å². The maximum absolute atomic E-state index is 13.2. The number of fused-ring (bicyclic) bond motifs is 1. The number of halogens is 1. The van der Waals surface area contributed by atoms with E-state index in [1.807, 2.05) is 43.3 Å². The van der Waals surface area contributed by atoms with E-state index >= 15 is 0 Å². The van der Waals surface area contributed by atoms with Gasteiger partial charge in [-0.05, 0) is 61.5 Å². The molecule has 0 bridgehead atoms. The molecule has 0 aliphatic rings. The third-order valence-corrected chi connectivity index (χ3v) is 5.06. The van der Waals surface area contributed by atoms with E-state index in [4.69, 9.17) is 4.74 Å². The summed E-state index contributed by atoms with van der Waals surface area (Å²) in [5.41, 5.74) is 2.66. The first-order valence-electron chi connectivity index (χ1n) is 9.26. The van der Waals surface area contributed by atoms with Gasteiger partial charge >= 0.3 is 0 Å². The summed E-state index contributed by atoms with van der Waals surface area (Å²) in [6.07, 6.45) is 0. The van der Waals surface area contributed by atoms with Crippen LogP contribution in [0.15, 0.2) is 65.8 Å². The smallest absolute Gasteiger partial charge is 0.234 e. The molecular formula is C21H18FN5O2S. The number of amides is 1. The molecule has 2 heterocycles. The molecule has 4 rings (SSSR count). The van der Waals surface area contributed by atoms with Crippen molar-refractivity contribution < 1.29 is 13.9 Å². The second-order valence-electron chi connectivity index (χ2n) is 6.28. The van der Waals surface area contributed by atoms with Gasteiger partial charge in [0.2, 0.25) is 11.1 Å². The van der Waals surface area contributed by atoms with Crippen LogP contribution in [0.3, 0.4) is 0 Å². The Balaban J connectivity index is 1.48. The van der Waals surface area contributed by atoms with E-state index in [1.165, 1.54) is 30.0 Å². The highest BCUT2D eigenvalue weighted by atomic mass is 32.2. The molecule has 0 saturated carbocycles. The number of hydrogen-bond acceptors (Lipinski definition) is 6. The summed E-state index contributed by atoms with van der Waals surface area (Å²) >= 11 is 1.20. The predicted molar refractivity (Wildman–Crippen MR) is 113 cm³/mol. The zero-order valence-corrected chi connectivity index (χ0v) is 16.9. The fraction of sp³-hybridized carbons (Fsp3) is 0.143. The quantitative estimate of drug-likeness (QED) is 0.452. The first-order chi connectivity index (χ1) is 14.6. The third-order valence-electron chi connectivity index (χ3n) is 4.14. The first kappa shape index (κ1) is 19.8. The normalized spacial score (nSPS) is 10.9. The van der Waals surface area contributed by atoms with Crippen molar-refractivity contribution in [2.24, 2.45) is 0 Å². The molecule has 7 nitrogen and oxygen atoms in total. The number of anilines is 1. The number of nitrogens with one attached hydrogen (secondary N) is 1. The summed E-state index contributed by atoms with van der Waals surface area (Å²) in [4.78, 5) is 12.2. The number of ether oxygens (including phenoxy) is 1. The largest absolute Gasteiger partial charge is 0.494 e. The lowest BCUT2D eigenvalue weighted by Gasteiger charge is -2.06. The molecule has 0 radical (unpaired) electrons. The number of rotatable bonds is 7. The van der Waals surface area contributed by atoms with Crippen LogP contribution in [-0.2, 0) is 4.79 Å². The van der Waals surface area contributed by atoms with E-state index < -0.39 is 5.82 Å². The molecule has 0 spiro atoms. The zero-order chi connectivity index (χ0) is 20.9. The number of thioether (sulfide) groups is 1. The average molecular weight is 423 g/mol. The highest BCUT2D eigenvalue weighted by Gasteiger charge is 2.12. The Labute approximate surface area is 176 Å². The lowest BCUT2D eigenvalue weighted by Crippen LogP contribution is -2.14. The SMILES string of the molecule is CCOc1ccc(-c2ccc3nnc(SCC(=O)Nc4cccc(F)c4)n3n2)cc1. The topological polar surface area (TPSA) is 81.4 Å². The average Bonchev–Trinajstić information content (AvgIpc) is 3.15. The predicted octanol–water partition coefficient (Wildman–Crippen LogP) is 4.06. The molecule has 30 heavy (non-hydrogen) atoms. The zero-order valence-electron chi connectivity index (χ0n) is 16.1. The Bertz CT molecular complexity index is 1180. The monoisotopic (exact) mass is 423 g/mol. The van der Waals surface area contributed by atoms with E-state index in [-0.39, 0.29) is 11.7 Å². The molecule has 0 fully saturated rings. The molecule has 2 aromatic carbocycles. The lowest BCUT2D eigenvalue weighted by atomic mass is 10.1. The molecule has 1 amide bonds. The molecule has 4 aromatic rings. The molecule has 0 saturated heterocycles. The van der Waals surface area contributed by atoms with Crippen molar-refractivity contribution in [1.82, 2.24) is 19.8 Å². The van der Waals surface area contributed by atoms with Crippen molar-refractivity contribution in [3.05, 3.63) is 66.5 Å². The van der Waals surface area contributed by atoms with Crippen LogP contribution in [0.2, 0.25) is 0 Å². The van der Waals surface area contributed by atoms with Crippen LogP contribution in [0.25, 0.3) is 16.9 Å². The summed E-state index contributed by atoms with van der Waals surface area (Å²) in [6, 6.07) is 17.1.